The molecule has 0 aromatic carbocycles. The largest absolute Gasteiger partial charge is 2.00 e. The summed E-state index contributed by atoms with van der Waals surface area (Å²) >= 11 is 0. The zero-order valence-electron chi connectivity index (χ0n) is 9.04. The average Bonchev–Trinajstić information content (AvgIpc) is 2.05. The fourth-order valence-corrected chi connectivity index (χ4v) is 0.253. The topological polar surface area (TPSA) is 138 Å². The zero-order chi connectivity index (χ0) is 11.4. The Kier molecular flexibility index (Phi) is 30.2. The predicted octanol–water partition coefficient (Wildman–Crippen LogP) is -3.22. The van der Waals surface area contributed by atoms with Crippen LogP contribution in [0.25, 0.3) is 0 Å². The van der Waals surface area contributed by atoms with Gasteiger partial charge in [-0.15, -0.1) is 0 Å². The van der Waals surface area contributed by atoms with E-state index in [9.17, 15) is 0 Å². The number of hydrogen-bond donors (Lipinski definition) is 0. The maximum absolute atomic E-state index is 8.89. The molecule has 0 unspecified atom stereocenters. The number of carbonyl (C=O) groups is 2. The Labute approximate surface area is 123 Å². The second-order valence-electron chi connectivity index (χ2n) is 1.89. The summed E-state index contributed by atoms with van der Waals surface area (Å²) in [5.41, 5.74) is 0. The van der Waals surface area contributed by atoms with Crippen LogP contribution < -0.4 is 10.2 Å². The molecule has 0 bridgehead atoms. The Bertz CT molecular complexity index is 211. The van der Waals surface area contributed by atoms with Crippen molar-refractivity contribution in [1.29, 1.82) is 0 Å². The van der Waals surface area contributed by atoms with Gasteiger partial charge in [-0.05, 0) is 19.9 Å². The SMILES string of the molecule is CC(=O)[O-].CC(=O)[O-].O.[Ca+2].c1cncnc1. The average molecular weight is 256 g/mol. The van der Waals surface area contributed by atoms with Crippen molar-refractivity contribution < 1.29 is 25.3 Å². The molecule has 0 saturated carbocycles. The maximum Gasteiger partial charge on any atom is 2.00 e. The van der Waals surface area contributed by atoms with Crippen molar-refractivity contribution in [1.82, 2.24) is 9.97 Å². The van der Waals surface area contributed by atoms with Crippen LogP contribution in [0.2, 0.25) is 0 Å². The van der Waals surface area contributed by atoms with Crippen LogP contribution in [0.4, 0.5) is 0 Å². The standard InChI is InChI=1S/C4H4N2.2C2H4O2.Ca.H2O/c1-2-5-4-6-3-1;2*1-2(3)4;;/h1-4H;2*1H3,(H,3,4);;1H2/q;;;+2;/p-2. The van der Waals surface area contributed by atoms with Gasteiger partial charge in [-0.3, -0.25) is 0 Å². The van der Waals surface area contributed by atoms with E-state index in [4.69, 9.17) is 19.8 Å². The van der Waals surface area contributed by atoms with E-state index in [-0.39, 0.29) is 43.2 Å². The van der Waals surface area contributed by atoms with Crippen molar-refractivity contribution in [2.24, 2.45) is 0 Å². The summed E-state index contributed by atoms with van der Waals surface area (Å²) in [6.45, 7) is 1.94. The quantitative estimate of drug-likeness (QED) is 0.448. The monoisotopic (exact) mass is 256 g/mol. The first-order chi connectivity index (χ1) is 6.46. The minimum absolute atomic E-state index is 0. The molecule has 8 heteroatoms. The van der Waals surface area contributed by atoms with E-state index in [0.717, 1.165) is 13.8 Å². The zero-order valence-corrected chi connectivity index (χ0v) is 11.3. The van der Waals surface area contributed by atoms with Gasteiger partial charge in [0.15, 0.2) is 0 Å². The number of carboxylic acid groups (broad SMARTS) is 2. The third-order valence-corrected chi connectivity index (χ3v) is 0.478. The summed E-state index contributed by atoms with van der Waals surface area (Å²) in [6, 6.07) is 1.78. The smallest absolute Gasteiger partial charge is 0.550 e. The first-order valence-electron chi connectivity index (χ1n) is 3.52. The second-order valence-corrected chi connectivity index (χ2v) is 1.89. The summed E-state index contributed by atoms with van der Waals surface area (Å²) in [4.78, 5) is 25.1. The van der Waals surface area contributed by atoms with Crippen molar-refractivity contribution in [3.05, 3.63) is 24.8 Å². The van der Waals surface area contributed by atoms with Crippen molar-refractivity contribution in [2.75, 3.05) is 0 Å². The number of rotatable bonds is 0. The molecule has 0 radical (unpaired) electrons. The van der Waals surface area contributed by atoms with Crippen molar-refractivity contribution in [3.63, 3.8) is 0 Å². The fourth-order valence-electron chi connectivity index (χ4n) is 0.253. The molecule has 0 fully saturated rings. The van der Waals surface area contributed by atoms with E-state index in [1.165, 1.54) is 6.33 Å². The molecule has 0 aliphatic heterocycles. The molecular formula is C8H12CaN2O5. The third-order valence-electron chi connectivity index (χ3n) is 0.478. The van der Waals surface area contributed by atoms with Crippen LogP contribution in [0.3, 0.4) is 0 Å². The molecule has 0 amide bonds. The number of carbonyl (C=O) groups excluding carboxylic acids is 2. The molecule has 1 aromatic rings. The molecule has 2 N–H and O–H groups in total. The van der Waals surface area contributed by atoms with E-state index in [1.807, 2.05) is 0 Å². The van der Waals surface area contributed by atoms with Gasteiger partial charge in [-0.1, -0.05) is 0 Å². The predicted molar refractivity (Wildman–Crippen MR) is 52.8 cm³/mol. The molecule has 0 aliphatic rings. The Morgan fingerprint density at radius 1 is 1.00 bits per heavy atom. The Balaban J connectivity index is -0.0000000660. The molecule has 0 saturated heterocycles. The number of aromatic nitrogens is 2. The van der Waals surface area contributed by atoms with Crippen LogP contribution in [0.1, 0.15) is 13.8 Å². The molecule has 0 aliphatic carbocycles. The van der Waals surface area contributed by atoms with Crippen LogP contribution in [-0.4, -0.2) is 65.1 Å². The maximum atomic E-state index is 8.89. The molecule has 1 aromatic heterocycles. The van der Waals surface area contributed by atoms with Crippen LogP contribution in [0.5, 0.6) is 0 Å². The molecule has 0 spiro atoms. The minimum atomic E-state index is -1.08. The van der Waals surface area contributed by atoms with E-state index in [0.29, 0.717) is 0 Å². The molecular weight excluding hydrogens is 244 g/mol. The van der Waals surface area contributed by atoms with E-state index in [2.05, 4.69) is 9.97 Å². The van der Waals surface area contributed by atoms with Gasteiger partial charge in [0, 0.05) is 24.3 Å². The molecule has 0 atom stereocenters. The van der Waals surface area contributed by atoms with Gasteiger partial charge in [0.05, 0.1) is 0 Å². The first kappa shape index (κ1) is 24.5. The molecule has 16 heavy (non-hydrogen) atoms. The Hall–Kier alpha value is -0.760. The van der Waals surface area contributed by atoms with Gasteiger partial charge in [0.25, 0.3) is 0 Å². The molecule has 1 rings (SSSR count). The van der Waals surface area contributed by atoms with Gasteiger partial charge in [-0.25, -0.2) is 9.97 Å². The van der Waals surface area contributed by atoms with Crippen molar-refractivity contribution in [2.45, 2.75) is 13.8 Å². The molecule has 7 nitrogen and oxygen atoms in total. The Morgan fingerprint density at radius 3 is 1.31 bits per heavy atom. The third kappa shape index (κ3) is 72.2. The minimum Gasteiger partial charge on any atom is -0.550 e. The van der Waals surface area contributed by atoms with Gasteiger partial charge in [-0.2, -0.15) is 0 Å². The molecule has 1 heterocycles. The van der Waals surface area contributed by atoms with Gasteiger partial charge >= 0.3 is 37.7 Å². The van der Waals surface area contributed by atoms with Crippen molar-refractivity contribution in [3.8, 4) is 0 Å². The Morgan fingerprint density at radius 2 is 1.25 bits per heavy atom. The number of aliphatic carboxylic acids is 2. The summed E-state index contributed by atoms with van der Waals surface area (Å²) in [5.74, 6) is -2.17. The normalized spacial score (nSPS) is 6.12. The van der Waals surface area contributed by atoms with Crippen molar-refractivity contribution >= 4 is 49.7 Å². The summed E-state index contributed by atoms with van der Waals surface area (Å²) in [7, 11) is 0. The fraction of sp³-hybridized carbons (Fsp3) is 0.250. The first-order valence-corrected chi connectivity index (χ1v) is 3.52. The number of carboxylic acids is 2. The number of nitrogens with zero attached hydrogens (tertiary/aromatic N) is 2. The summed E-state index contributed by atoms with van der Waals surface area (Å²) < 4.78 is 0. The van der Waals surface area contributed by atoms with Gasteiger partial charge < -0.3 is 25.3 Å². The van der Waals surface area contributed by atoms with Crippen LogP contribution in [-0.2, 0) is 9.59 Å². The van der Waals surface area contributed by atoms with E-state index in [1.54, 1.807) is 18.5 Å². The summed E-state index contributed by atoms with van der Waals surface area (Å²) in [5, 5.41) is 17.8. The van der Waals surface area contributed by atoms with Gasteiger partial charge in [0.2, 0.25) is 0 Å². The molecule has 86 valence electrons. The van der Waals surface area contributed by atoms with E-state index < -0.39 is 11.9 Å². The van der Waals surface area contributed by atoms with Crippen LogP contribution >= 0.6 is 0 Å². The second kappa shape index (κ2) is 19.8. The van der Waals surface area contributed by atoms with Crippen LogP contribution in [0, 0.1) is 0 Å². The van der Waals surface area contributed by atoms with Crippen LogP contribution in [0.15, 0.2) is 24.8 Å². The van der Waals surface area contributed by atoms with Gasteiger partial charge in [0.1, 0.15) is 6.33 Å². The van der Waals surface area contributed by atoms with E-state index >= 15 is 0 Å². The summed E-state index contributed by atoms with van der Waals surface area (Å²) in [6.07, 6.45) is 4.88. The number of hydrogen-bond acceptors (Lipinski definition) is 6.